The first kappa shape index (κ1) is 10.5. The number of hydrogen-bond acceptors (Lipinski definition) is 5. The lowest BCUT2D eigenvalue weighted by molar-refractivity contribution is 0.370. The molecule has 0 aromatic carbocycles. The van der Waals surface area contributed by atoms with Gasteiger partial charge in [0.15, 0.2) is 5.82 Å². The Morgan fingerprint density at radius 2 is 2.38 bits per heavy atom. The zero-order valence-electron chi connectivity index (χ0n) is 8.96. The average Bonchev–Trinajstić information content (AvgIpc) is 2.70. The van der Waals surface area contributed by atoms with Crippen molar-refractivity contribution < 1.29 is 4.52 Å². The van der Waals surface area contributed by atoms with E-state index < -0.39 is 0 Å². The van der Waals surface area contributed by atoms with E-state index in [-0.39, 0.29) is 5.69 Å². The van der Waals surface area contributed by atoms with Crippen LogP contribution in [0.5, 0.6) is 0 Å². The first-order chi connectivity index (χ1) is 7.79. The van der Waals surface area contributed by atoms with Crippen molar-refractivity contribution in [2.24, 2.45) is 0 Å². The molecule has 16 heavy (non-hydrogen) atoms. The van der Waals surface area contributed by atoms with Crippen LogP contribution < -0.4 is 5.69 Å². The van der Waals surface area contributed by atoms with E-state index in [1.54, 1.807) is 12.3 Å². The van der Waals surface area contributed by atoms with Gasteiger partial charge in [0.2, 0.25) is 5.89 Å². The van der Waals surface area contributed by atoms with Crippen LogP contribution in [0.4, 0.5) is 0 Å². The molecule has 0 saturated carbocycles. The molecule has 0 N–H and O–H groups in total. The van der Waals surface area contributed by atoms with Crippen molar-refractivity contribution >= 4 is 0 Å². The van der Waals surface area contributed by atoms with Gasteiger partial charge in [-0.15, -0.1) is 0 Å². The van der Waals surface area contributed by atoms with Crippen LogP contribution in [0.25, 0.3) is 0 Å². The van der Waals surface area contributed by atoms with Crippen molar-refractivity contribution in [1.82, 2.24) is 19.7 Å². The van der Waals surface area contributed by atoms with E-state index in [0.717, 1.165) is 12.8 Å². The molecule has 0 unspecified atom stereocenters. The fourth-order valence-corrected chi connectivity index (χ4v) is 1.33. The summed E-state index contributed by atoms with van der Waals surface area (Å²) >= 11 is 0. The monoisotopic (exact) mass is 220 g/mol. The molecule has 84 valence electrons. The fourth-order valence-electron chi connectivity index (χ4n) is 1.33. The Bertz CT molecular complexity index is 517. The summed E-state index contributed by atoms with van der Waals surface area (Å²) in [7, 11) is 0. The van der Waals surface area contributed by atoms with Crippen molar-refractivity contribution in [3.05, 3.63) is 40.7 Å². The summed E-state index contributed by atoms with van der Waals surface area (Å²) in [6, 6.07) is 1.69. The van der Waals surface area contributed by atoms with Gasteiger partial charge in [-0.3, -0.25) is 4.57 Å². The summed E-state index contributed by atoms with van der Waals surface area (Å²) in [6.07, 6.45) is 4.81. The molecule has 0 amide bonds. The Hall–Kier alpha value is -1.98. The fraction of sp³-hybridized carbons (Fsp3) is 0.400. The largest absolute Gasteiger partial charge is 0.347 e. The lowest BCUT2D eigenvalue weighted by Crippen LogP contribution is -2.22. The van der Waals surface area contributed by atoms with E-state index in [2.05, 4.69) is 15.1 Å². The van der Waals surface area contributed by atoms with Gasteiger partial charge in [0, 0.05) is 18.8 Å². The number of aryl methyl sites for hydroxylation is 1. The summed E-state index contributed by atoms with van der Waals surface area (Å²) in [5.74, 6) is 1.10. The molecule has 0 bridgehead atoms. The molecule has 2 aromatic rings. The van der Waals surface area contributed by atoms with Crippen LogP contribution in [0.2, 0.25) is 0 Å². The second-order valence-electron chi connectivity index (χ2n) is 3.38. The Morgan fingerprint density at radius 1 is 1.50 bits per heavy atom. The summed E-state index contributed by atoms with van der Waals surface area (Å²) in [5, 5.41) is 3.80. The van der Waals surface area contributed by atoms with E-state index in [0.29, 0.717) is 18.3 Å². The lowest BCUT2D eigenvalue weighted by atomic mass is 10.3. The predicted molar refractivity (Wildman–Crippen MR) is 55.9 cm³/mol. The van der Waals surface area contributed by atoms with E-state index in [9.17, 15) is 4.79 Å². The van der Waals surface area contributed by atoms with Crippen molar-refractivity contribution in [2.75, 3.05) is 0 Å². The van der Waals surface area contributed by atoms with Crippen LogP contribution in [0.1, 0.15) is 25.1 Å². The average molecular weight is 220 g/mol. The highest BCUT2D eigenvalue weighted by molar-refractivity contribution is 4.90. The zero-order chi connectivity index (χ0) is 11.4. The third kappa shape index (κ3) is 2.33. The quantitative estimate of drug-likeness (QED) is 0.755. The molecule has 0 saturated heterocycles. The number of hydrogen-bond donors (Lipinski definition) is 0. The van der Waals surface area contributed by atoms with Gasteiger partial charge in [-0.2, -0.15) is 4.98 Å². The van der Waals surface area contributed by atoms with Crippen LogP contribution in [0, 0.1) is 0 Å². The molecule has 0 aliphatic carbocycles. The molecule has 0 aliphatic rings. The normalized spacial score (nSPS) is 10.6. The minimum absolute atomic E-state index is 0.292. The van der Waals surface area contributed by atoms with Gasteiger partial charge in [0.1, 0.15) is 0 Å². The van der Waals surface area contributed by atoms with Crippen molar-refractivity contribution in [1.29, 1.82) is 0 Å². The summed E-state index contributed by atoms with van der Waals surface area (Å²) in [6.45, 7) is 2.33. The second-order valence-corrected chi connectivity index (χ2v) is 3.38. The third-order valence-corrected chi connectivity index (χ3v) is 2.07. The van der Waals surface area contributed by atoms with Crippen LogP contribution >= 0.6 is 0 Å². The molecule has 0 aliphatic heterocycles. The molecular weight excluding hydrogens is 208 g/mol. The molecule has 0 radical (unpaired) electrons. The standard InChI is InChI=1S/C10H12N4O2/c1-2-4-9-12-8(13-16-9)7-14-6-3-5-11-10(14)15/h3,5-6H,2,4,7H2,1H3. The van der Waals surface area contributed by atoms with E-state index in [4.69, 9.17) is 4.52 Å². The Morgan fingerprint density at radius 3 is 3.12 bits per heavy atom. The highest BCUT2D eigenvalue weighted by Gasteiger charge is 2.06. The number of aromatic nitrogens is 4. The highest BCUT2D eigenvalue weighted by Crippen LogP contribution is 2.01. The first-order valence-corrected chi connectivity index (χ1v) is 5.12. The van der Waals surface area contributed by atoms with Gasteiger partial charge in [0.05, 0.1) is 6.54 Å². The van der Waals surface area contributed by atoms with Gasteiger partial charge in [-0.1, -0.05) is 12.1 Å². The van der Waals surface area contributed by atoms with Crippen molar-refractivity contribution in [3.63, 3.8) is 0 Å². The molecule has 2 rings (SSSR count). The Labute approximate surface area is 91.9 Å². The Balaban J connectivity index is 2.15. The van der Waals surface area contributed by atoms with Crippen LogP contribution in [-0.4, -0.2) is 19.7 Å². The molecule has 6 nitrogen and oxygen atoms in total. The minimum atomic E-state index is -0.315. The van der Waals surface area contributed by atoms with E-state index >= 15 is 0 Å². The van der Waals surface area contributed by atoms with Gasteiger partial charge in [-0.05, 0) is 12.5 Å². The molecule has 6 heteroatoms. The van der Waals surface area contributed by atoms with E-state index in [1.165, 1.54) is 10.8 Å². The maximum Gasteiger partial charge on any atom is 0.347 e. The van der Waals surface area contributed by atoms with E-state index in [1.807, 2.05) is 6.92 Å². The highest BCUT2D eigenvalue weighted by atomic mass is 16.5. The van der Waals surface area contributed by atoms with Gasteiger partial charge in [-0.25, -0.2) is 9.78 Å². The molecule has 0 fully saturated rings. The maximum absolute atomic E-state index is 11.3. The second kappa shape index (κ2) is 4.69. The molecule has 2 heterocycles. The molecular formula is C10H12N4O2. The molecule has 0 spiro atoms. The Kier molecular flexibility index (Phi) is 3.09. The lowest BCUT2D eigenvalue weighted by Gasteiger charge is -1.98. The van der Waals surface area contributed by atoms with Gasteiger partial charge >= 0.3 is 5.69 Å². The van der Waals surface area contributed by atoms with Crippen molar-refractivity contribution in [3.8, 4) is 0 Å². The minimum Gasteiger partial charge on any atom is -0.339 e. The zero-order valence-corrected chi connectivity index (χ0v) is 8.96. The summed E-state index contributed by atoms with van der Waals surface area (Å²) in [4.78, 5) is 19.1. The topological polar surface area (TPSA) is 73.8 Å². The maximum atomic E-state index is 11.3. The summed E-state index contributed by atoms with van der Waals surface area (Å²) < 4.78 is 6.45. The number of nitrogens with zero attached hydrogens (tertiary/aromatic N) is 4. The molecule has 0 atom stereocenters. The van der Waals surface area contributed by atoms with Crippen LogP contribution in [0.3, 0.4) is 0 Å². The molecule has 2 aromatic heterocycles. The first-order valence-electron chi connectivity index (χ1n) is 5.12. The summed E-state index contributed by atoms with van der Waals surface area (Å²) in [5.41, 5.74) is -0.315. The third-order valence-electron chi connectivity index (χ3n) is 2.07. The number of rotatable bonds is 4. The smallest absolute Gasteiger partial charge is 0.339 e. The van der Waals surface area contributed by atoms with Crippen LogP contribution in [-0.2, 0) is 13.0 Å². The van der Waals surface area contributed by atoms with Gasteiger partial charge in [0.25, 0.3) is 0 Å². The van der Waals surface area contributed by atoms with Crippen LogP contribution in [0.15, 0.2) is 27.8 Å². The van der Waals surface area contributed by atoms with Gasteiger partial charge < -0.3 is 4.52 Å². The van der Waals surface area contributed by atoms with Crippen molar-refractivity contribution in [2.45, 2.75) is 26.3 Å². The SMILES string of the molecule is CCCc1nc(Cn2cccnc2=O)no1. The predicted octanol–water partition coefficient (Wildman–Crippen LogP) is 0.627.